The highest BCUT2D eigenvalue weighted by atomic mass is 15.1. The van der Waals surface area contributed by atoms with Gasteiger partial charge in [0.1, 0.15) is 0 Å². The number of rotatable bonds is 8. The standard InChI is InChI=1S/C56H39N/c1-3-13-40(14-4-1)42-25-27-43(28-26-42)44-31-34-51(35-32-44)57(52-22-11-21-48(38-52)49-30-29-41-15-7-8-19-47(41)37-49)56-39-50(33-36-55(56)46-16-5-2-6-17-46)54-24-12-20-45-18-9-10-23-53(45)54/h1-39H. The molecule has 10 aromatic carbocycles. The summed E-state index contributed by atoms with van der Waals surface area (Å²) >= 11 is 0. The van der Waals surface area contributed by atoms with Crippen molar-refractivity contribution in [3.05, 3.63) is 237 Å². The van der Waals surface area contributed by atoms with Crippen molar-refractivity contribution in [2.75, 3.05) is 4.90 Å². The maximum absolute atomic E-state index is 2.43. The monoisotopic (exact) mass is 725 g/mol. The zero-order valence-corrected chi connectivity index (χ0v) is 31.5. The van der Waals surface area contributed by atoms with Crippen molar-refractivity contribution < 1.29 is 0 Å². The van der Waals surface area contributed by atoms with Gasteiger partial charge >= 0.3 is 0 Å². The molecule has 0 aliphatic carbocycles. The second kappa shape index (κ2) is 15.0. The Balaban J connectivity index is 1.14. The third-order valence-corrected chi connectivity index (χ3v) is 11.1. The lowest BCUT2D eigenvalue weighted by Gasteiger charge is -2.29. The summed E-state index contributed by atoms with van der Waals surface area (Å²) < 4.78 is 0. The number of hydrogen-bond acceptors (Lipinski definition) is 1. The molecule has 0 saturated heterocycles. The van der Waals surface area contributed by atoms with Crippen molar-refractivity contribution in [1.29, 1.82) is 0 Å². The molecule has 0 unspecified atom stereocenters. The predicted octanol–water partition coefficient (Wildman–Crippen LogP) is 15.8. The van der Waals surface area contributed by atoms with Crippen molar-refractivity contribution in [2.24, 2.45) is 0 Å². The van der Waals surface area contributed by atoms with E-state index in [1.807, 2.05) is 0 Å². The van der Waals surface area contributed by atoms with E-state index in [2.05, 4.69) is 241 Å². The zero-order chi connectivity index (χ0) is 38.0. The number of hydrogen-bond donors (Lipinski definition) is 0. The molecule has 0 aliphatic heterocycles. The molecule has 0 aromatic heterocycles. The largest absolute Gasteiger partial charge is 0.310 e. The Labute approximate surface area is 334 Å². The second-order valence-corrected chi connectivity index (χ2v) is 14.6. The van der Waals surface area contributed by atoms with Crippen LogP contribution in [0.3, 0.4) is 0 Å². The molecule has 1 nitrogen and oxygen atoms in total. The smallest absolute Gasteiger partial charge is 0.0546 e. The first-order chi connectivity index (χ1) is 28.2. The molecule has 0 radical (unpaired) electrons. The minimum absolute atomic E-state index is 1.09. The Morgan fingerprint density at radius 2 is 0.737 bits per heavy atom. The molecule has 0 bridgehead atoms. The van der Waals surface area contributed by atoms with Gasteiger partial charge in [0.05, 0.1) is 5.69 Å². The van der Waals surface area contributed by atoms with Crippen LogP contribution in [0, 0.1) is 0 Å². The van der Waals surface area contributed by atoms with Crippen LogP contribution in [0.1, 0.15) is 0 Å². The van der Waals surface area contributed by atoms with Crippen molar-refractivity contribution in [1.82, 2.24) is 0 Å². The molecule has 0 spiro atoms. The van der Waals surface area contributed by atoms with E-state index in [9.17, 15) is 0 Å². The Morgan fingerprint density at radius 3 is 1.47 bits per heavy atom. The summed E-state index contributed by atoms with van der Waals surface area (Å²) in [6.45, 7) is 0. The lowest BCUT2D eigenvalue weighted by atomic mass is 9.93. The molecular weight excluding hydrogens is 687 g/mol. The molecule has 0 heterocycles. The topological polar surface area (TPSA) is 3.24 Å². The maximum Gasteiger partial charge on any atom is 0.0546 e. The van der Waals surface area contributed by atoms with Gasteiger partial charge in [0.15, 0.2) is 0 Å². The van der Waals surface area contributed by atoms with Crippen LogP contribution in [0.2, 0.25) is 0 Å². The van der Waals surface area contributed by atoms with Gasteiger partial charge in [-0.15, -0.1) is 0 Å². The first-order valence-electron chi connectivity index (χ1n) is 19.6. The summed E-state index contributed by atoms with van der Waals surface area (Å²) in [5.41, 5.74) is 15.2. The fourth-order valence-corrected chi connectivity index (χ4v) is 8.13. The molecule has 268 valence electrons. The number of nitrogens with zero attached hydrogens (tertiary/aromatic N) is 1. The van der Waals surface area contributed by atoms with Crippen LogP contribution in [0.5, 0.6) is 0 Å². The van der Waals surface area contributed by atoms with E-state index in [1.165, 1.54) is 71.6 Å². The van der Waals surface area contributed by atoms with E-state index in [4.69, 9.17) is 0 Å². The first-order valence-corrected chi connectivity index (χ1v) is 19.6. The SMILES string of the molecule is c1ccc(-c2ccc(-c3ccc(N(c4cccc(-c5ccc6ccccc6c5)c4)c4cc(-c5cccc6ccccc56)ccc4-c4ccccc4)cc3)cc2)cc1. The van der Waals surface area contributed by atoms with E-state index in [0.717, 1.165) is 22.6 Å². The van der Waals surface area contributed by atoms with Crippen LogP contribution in [0.25, 0.3) is 77.2 Å². The fraction of sp³-hybridized carbons (Fsp3) is 0. The third-order valence-electron chi connectivity index (χ3n) is 11.1. The molecule has 0 amide bonds. The summed E-state index contributed by atoms with van der Waals surface area (Å²) in [5.74, 6) is 0. The Morgan fingerprint density at radius 1 is 0.228 bits per heavy atom. The summed E-state index contributed by atoms with van der Waals surface area (Å²) in [6, 6.07) is 85.8. The lowest BCUT2D eigenvalue weighted by molar-refractivity contribution is 1.28. The minimum atomic E-state index is 1.09. The predicted molar refractivity (Wildman–Crippen MR) is 243 cm³/mol. The molecule has 10 aromatic rings. The van der Waals surface area contributed by atoms with E-state index in [0.29, 0.717) is 0 Å². The number of anilines is 3. The third kappa shape index (κ3) is 6.77. The van der Waals surface area contributed by atoms with E-state index in [-0.39, 0.29) is 0 Å². The van der Waals surface area contributed by atoms with Crippen LogP contribution in [-0.4, -0.2) is 0 Å². The summed E-state index contributed by atoms with van der Waals surface area (Å²) in [4.78, 5) is 2.43. The van der Waals surface area contributed by atoms with Gasteiger partial charge in [-0.2, -0.15) is 0 Å². The van der Waals surface area contributed by atoms with Gasteiger partial charge in [0.25, 0.3) is 0 Å². The highest BCUT2D eigenvalue weighted by Gasteiger charge is 2.20. The molecule has 10 rings (SSSR count). The van der Waals surface area contributed by atoms with Crippen LogP contribution in [0.15, 0.2) is 237 Å². The molecule has 0 aliphatic rings. The van der Waals surface area contributed by atoms with Crippen molar-refractivity contribution in [2.45, 2.75) is 0 Å². The van der Waals surface area contributed by atoms with E-state index < -0.39 is 0 Å². The van der Waals surface area contributed by atoms with E-state index in [1.54, 1.807) is 0 Å². The molecule has 57 heavy (non-hydrogen) atoms. The normalized spacial score (nSPS) is 11.2. The average molecular weight is 726 g/mol. The number of fused-ring (bicyclic) bond motifs is 2. The Kier molecular flexibility index (Phi) is 8.95. The van der Waals surface area contributed by atoms with Gasteiger partial charge in [0.2, 0.25) is 0 Å². The quantitative estimate of drug-likeness (QED) is 0.151. The second-order valence-electron chi connectivity index (χ2n) is 14.6. The van der Waals surface area contributed by atoms with Crippen molar-refractivity contribution >= 4 is 38.6 Å². The first kappa shape index (κ1) is 34.0. The fourth-order valence-electron chi connectivity index (χ4n) is 8.13. The molecule has 0 fully saturated rings. The molecule has 0 atom stereocenters. The highest BCUT2D eigenvalue weighted by Crippen LogP contribution is 2.45. The van der Waals surface area contributed by atoms with Crippen LogP contribution in [-0.2, 0) is 0 Å². The molecule has 1 heteroatoms. The summed E-state index contributed by atoms with van der Waals surface area (Å²) in [7, 11) is 0. The number of benzene rings is 10. The summed E-state index contributed by atoms with van der Waals surface area (Å²) in [6.07, 6.45) is 0. The molecule has 0 saturated carbocycles. The van der Waals surface area contributed by atoms with Gasteiger partial charge in [0, 0.05) is 16.9 Å². The Hall–Kier alpha value is -7.48. The van der Waals surface area contributed by atoms with Crippen LogP contribution < -0.4 is 4.90 Å². The Bertz CT molecular complexity index is 2980. The summed E-state index contributed by atoms with van der Waals surface area (Å²) in [5, 5.41) is 4.95. The van der Waals surface area contributed by atoms with Crippen molar-refractivity contribution in [3.8, 4) is 55.6 Å². The van der Waals surface area contributed by atoms with Gasteiger partial charge in [-0.3, -0.25) is 0 Å². The van der Waals surface area contributed by atoms with Gasteiger partial charge in [-0.1, -0.05) is 200 Å². The highest BCUT2D eigenvalue weighted by molar-refractivity contribution is 5.99. The van der Waals surface area contributed by atoms with Gasteiger partial charge < -0.3 is 4.90 Å². The average Bonchev–Trinajstić information content (AvgIpc) is 3.30. The minimum Gasteiger partial charge on any atom is -0.310 e. The maximum atomic E-state index is 2.43. The van der Waals surface area contributed by atoms with Crippen LogP contribution >= 0.6 is 0 Å². The lowest BCUT2D eigenvalue weighted by Crippen LogP contribution is -2.11. The van der Waals surface area contributed by atoms with E-state index >= 15 is 0 Å². The van der Waals surface area contributed by atoms with Gasteiger partial charge in [-0.25, -0.2) is 0 Å². The molecular formula is C56H39N. The van der Waals surface area contributed by atoms with Crippen LogP contribution in [0.4, 0.5) is 17.1 Å². The van der Waals surface area contributed by atoms with Gasteiger partial charge in [-0.05, 0) is 108 Å². The zero-order valence-electron chi connectivity index (χ0n) is 31.5. The van der Waals surface area contributed by atoms with Crippen molar-refractivity contribution in [3.63, 3.8) is 0 Å². The molecule has 0 N–H and O–H groups in total.